The summed E-state index contributed by atoms with van der Waals surface area (Å²) in [7, 11) is -2.38. The van der Waals surface area contributed by atoms with Crippen LogP contribution in [0.2, 0.25) is 0 Å². The van der Waals surface area contributed by atoms with Crippen LogP contribution in [0.1, 0.15) is 29.5 Å². The molecule has 0 saturated carbocycles. The molecule has 3 rings (SSSR count). The molecular weight excluding hydrogens is 336 g/mol. The van der Waals surface area contributed by atoms with Gasteiger partial charge in [-0.05, 0) is 48.1 Å². The van der Waals surface area contributed by atoms with Gasteiger partial charge in [-0.3, -0.25) is 0 Å². The maximum Gasteiger partial charge on any atom is 0.241 e. The van der Waals surface area contributed by atoms with Crippen molar-refractivity contribution in [3.8, 4) is 5.75 Å². The second kappa shape index (κ2) is 6.54. The topological polar surface area (TPSA) is 85.2 Å². The second-order valence-corrected chi connectivity index (χ2v) is 7.93. The molecule has 0 bridgehead atoms. The summed E-state index contributed by atoms with van der Waals surface area (Å²) in [6.45, 7) is 3.92. The lowest BCUT2D eigenvalue weighted by atomic mass is 9.91. The number of sulfonamides is 1. The van der Waals surface area contributed by atoms with Crippen LogP contribution in [0.3, 0.4) is 0 Å². The largest absolute Gasteiger partial charge is 0.495 e. The van der Waals surface area contributed by atoms with Crippen molar-refractivity contribution in [3.05, 3.63) is 59.3 Å². The summed E-state index contributed by atoms with van der Waals surface area (Å²) >= 11 is 0. The van der Waals surface area contributed by atoms with Crippen molar-refractivity contribution in [1.82, 2.24) is 4.98 Å². The highest BCUT2D eigenvalue weighted by atomic mass is 32.2. The van der Waals surface area contributed by atoms with Gasteiger partial charge in [-0.1, -0.05) is 31.2 Å². The first-order chi connectivity index (χ1) is 11.8. The number of aryl methyl sites for hydroxylation is 1. The number of hydrogen-bond acceptors (Lipinski definition) is 3. The smallest absolute Gasteiger partial charge is 0.241 e. The molecule has 3 N–H and O–H groups in total. The maximum atomic E-state index is 11.9. The van der Waals surface area contributed by atoms with Crippen LogP contribution in [-0.2, 0) is 16.4 Å². The molecule has 1 unspecified atom stereocenters. The van der Waals surface area contributed by atoms with E-state index in [-0.39, 0.29) is 10.8 Å². The van der Waals surface area contributed by atoms with Crippen LogP contribution in [0, 0.1) is 6.92 Å². The quantitative estimate of drug-likeness (QED) is 0.732. The van der Waals surface area contributed by atoms with Gasteiger partial charge in [0.1, 0.15) is 10.6 Å². The number of fused-ring (bicyclic) bond motifs is 1. The van der Waals surface area contributed by atoms with Gasteiger partial charge in [-0.2, -0.15) is 0 Å². The summed E-state index contributed by atoms with van der Waals surface area (Å²) in [5.74, 6) is 0.398. The monoisotopic (exact) mass is 358 g/mol. The maximum absolute atomic E-state index is 11.9. The molecular formula is C19H22N2O3S. The number of H-pyrrole nitrogens is 1. The molecule has 0 fully saturated rings. The van der Waals surface area contributed by atoms with Crippen molar-refractivity contribution in [1.29, 1.82) is 0 Å². The second-order valence-electron chi connectivity index (χ2n) is 6.40. The SMILES string of the molecule is COc1c(C(C)Cc2c[nH]c3ccccc23)cc(C)cc1S(N)(=O)=O. The van der Waals surface area contributed by atoms with Gasteiger partial charge in [-0.25, -0.2) is 13.6 Å². The fourth-order valence-electron chi connectivity index (χ4n) is 3.30. The Bertz CT molecular complexity index is 1020. The number of para-hydroxylation sites is 1. The molecule has 132 valence electrons. The molecule has 0 aliphatic heterocycles. The minimum Gasteiger partial charge on any atom is -0.495 e. The Balaban J connectivity index is 2.05. The first kappa shape index (κ1) is 17.5. The van der Waals surface area contributed by atoms with Gasteiger partial charge in [0.15, 0.2) is 0 Å². The molecule has 0 spiro atoms. The Labute approximate surface area is 147 Å². The van der Waals surface area contributed by atoms with E-state index in [1.807, 2.05) is 37.4 Å². The van der Waals surface area contributed by atoms with E-state index < -0.39 is 10.0 Å². The molecule has 0 aliphatic rings. The van der Waals surface area contributed by atoms with Crippen LogP contribution in [0.4, 0.5) is 0 Å². The highest BCUT2D eigenvalue weighted by Gasteiger charge is 2.22. The van der Waals surface area contributed by atoms with E-state index in [0.717, 1.165) is 23.1 Å². The number of primary sulfonamides is 1. The zero-order valence-corrected chi connectivity index (χ0v) is 15.4. The number of nitrogens with one attached hydrogen (secondary N) is 1. The minimum atomic E-state index is -3.85. The van der Waals surface area contributed by atoms with Crippen LogP contribution in [-0.4, -0.2) is 20.5 Å². The number of methoxy groups -OCH3 is 1. The third-order valence-corrected chi connectivity index (χ3v) is 5.39. The number of ether oxygens (including phenoxy) is 1. The zero-order chi connectivity index (χ0) is 18.2. The third-order valence-electron chi connectivity index (χ3n) is 4.47. The number of benzene rings is 2. The Hall–Kier alpha value is -2.31. The van der Waals surface area contributed by atoms with Gasteiger partial charge >= 0.3 is 0 Å². The van der Waals surface area contributed by atoms with Crippen molar-refractivity contribution in [2.75, 3.05) is 7.11 Å². The van der Waals surface area contributed by atoms with Crippen molar-refractivity contribution in [3.63, 3.8) is 0 Å². The van der Waals surface area contributed by atoms with E-state index >= 15 is 0 Å². The average molecular weight is 358 g/mol. The molecule has 1 heterocycles. The standard InChI is InChI=1S/C19H22N2O3S/c1-12-8-16(19(24-3)18(9-12)25(20,22)23)13(2)10-14-11-21-17-7-5-4-6-15(14)17/h4-9,11,13,21H,10H2,1-3H3,(H2,20,22,23). The summed E-state index contributed by atoms with van der Waals surface area (Å²) in [6.07, 6.45) is 2.76. The molecule has 0 aliphatic carbocycles. The molecule has 1 aromatic heterocycles. The van der Waals surface area contributed by atoms with Gasteiger partial charge < -0.3 is 9.72 Å². The van der Waals surface area contributed by atoms with Crippen molar-refractivity contribution in [2.45, 2.75) is 31.1 Å². The fraction of sp³-hybridized carbons (Fsp3) is 0.263. The predicted octanol–water partition coefficient (Wildman–Crippen LogP) is 3.48. The van der Waals surface area contributed by atoms with Gasteiger partial charge in [0, 0.05) is 17.1 Å². The third kappa shape index (κ3) is 3.41. The van der Waals surface area contributed by atoms with E-state index in [4.69, 9.17) is 9.88 Å². The van der Waals surface area contributed by atoms with Crippen LogP contribution in [0.5, 0.6) is 5.75 Å². The molecule has 2 aromatic carbocycles. The highest BCUT2D eigenvalue weighted by Crippen LogP contribution is 2.36. The number of rotatable bonds is 5. The Morgan fingerprint density at radius 1 is 1.24 bits per heavy atom. The van der Waals surface area contributed by atoms with E-state index in [2.05, 4.69) is 18.0 Å². The zero-order valence-electron chi connectivity index (χ0n) is 14.5. The van der Waals surface area contributed by atoms with Crippen LogP contribution in [0.25, 0.3) is 10.9 Å². The van der Waals surface area contributed by atoms with Crippen LogP contribution in [0.15, 0.2) is 47.5 Å². The molecule has 3 aromatic rings. The first-order valence-electron chi connectivity index (χ1n) is 8.07. The van der Waals surface area contributed by atoms with Crippen LogP contribution < -0.4 is 9.88 Å². The summed E-state index contributed by atoms with van der Waals surface area (Å²) in [5, 5.41) is 6.54. The molecule has 1 atom stereocenters. The molecule has 0 saturated heterocycles. The first-order valence-corrected chi connectivity index (χ1v) is 9.62. The lowest BCUT2D eigenvalue weighted by Crippen LogP contribution is -2.15. The average Bonchev–Trinajstić information content (AvgIpc) is 2.96. The van der Waals surface area contributed by atoms with Gasteiger partial charge in [0.05, 0.1) is 7.11 Å². The number of aromatic nitrogens is 1. The number of nitrogens with two attached hydrogens (primary N) is 1. The predicted molar refractivity (Wildman–Crippen MR) is 99.5 cm³/mol. The number of hydrogen-bond donors (Lipinski definition) is 2. The fourth-order valence-corrected chi connectivity index (χ4v) is 4.11. The Kier molecular flexibility index (Phi) is 4.58. The Morgan fingerprint density at radius 3 is 2.64 bits per heavy atom. The number of aromatic amines is 1. The Morgan fingerprint density at radius 2 is 1.96 bits per heavy atom. The van der Waals surface area contributed by atoms with E-state index in [1.165, 1.54) is 18.1 Å². The molecule has 25 heavy (non-hydrogen) atoms. The van der Waals surface area contributed by atoms with Crippen molar-refractivity contribution < 1.29 is 13.2 Å². The summed E-state index contributed by atoms with van der Waals surface area (Å²) < 4.78 is 29.3. The lowest BCUT2D eigenvalue weighted by molar-refractivity contribution is 0.394. The summed E-state index contributed by atoms with van der Waals surface area (Å²) in [4.78, 5) is 3.31. The van der Waals surface area contributed by atoms with Crippen molar-refractivity contribution in [2.24, 2.45) is 5.14 Å². The molecule has 0 radical (unpaired) electrons. The van der Waals surface area contributed by atoms with Crippen molar-refractivity contribution >= 4 is 20.9 Å². The van der Waals surface area contributed by atoms with Gasteiger partial charge in [0.2, 0.25) is 10.0 Å². The minimum absolute atomic E-state index is 0.0378. The molecule has 5 nitrogen and oxygen atoms in total. The molecule has 6 heteroatoms. The normalized spacial score (nSPS) is 13.1. The lowest BCUT2D eigenvalue weighted by Gasteiger charge is -2.19. The highest BCUT2D eigenvalue weighted by molar-refractivity contribution is 7.89. The summed E-state index contributed by atoms with van der Waals surface area (Å²) in [5.41, 5.74) is 3.96. The van der Waals surface area contributed by atoms with E-state index in [1.54, 1.807) is 6.07 Å². The van der Waals surface area contributed by atoms with Gasteiger partial charge in [-0.15, -0.1) is 0 Å². The van der Waals surface area contributed by atoms with E-state index in [0.29, 0.717) is 5.75 Å². The van der Waals surface area contributed by atoms with E-state index in [9.17, 15) is 8.42 Å². The summed E-state index contributed by atoms with van der Waals surface area (Å²) in [6, 6.07) is 11.6. The van der Waals surface area contributed by atoms with Gasteiger partial charge in [0.25, 0.3) is 0 Å². The van der Waals surface area contributed by atoms with Crippen LogP contribution >= 0.6 is 0 Å². The molecule has 0 amide bonds.